The minimum Gasteiger partial charge on any atom is -0.383 e. The summed E-state index contributed by atoms with van der Waals surface area (Å²) in [5.74, 6) is 0.828. The Kier molecular flexibility index (Phi) is 5.34. The first-order valence-electron chi connectivity index (χ1n) is 6.25. The van der Waals surface area contributed by atoms with Crippen molar-refractivity contribution in [2.75, 3.05) is 38.3 Å². The van der Waals surface area contributed by atoms with Gasteiger partial charge in [0.2, 0.25) is 5.95 Å². The van der Waals surface area contributed by atoms with Crippen LogP contribution >= 0.6 is 15.9 Å². The van der Waals surface area contributed by atoms with Crippen LogP contribution in [-0.2, 0) is 4.74 Å². The van der Waals surface area contributed by atoms with E-state index < -0.39 is 0 Å². The van der Waals surface area contributed by atoms with Crippen molar-refractivity contribution in [3.63, 3.8) is 0 Å². The van der Waals surface area contributed by atoms with Gasteiger partial charge in [-0.2, -0.15) is 0 Å². The molecule has 0 bridgehead atoms. The first-order valence-corrected chi connectivity index (χ1v) is 7.04. The zero-order chi connectivity index (χ0) is 12.8. The molecule has 1 N–H and O–H groups in total. The number of halogens is 1. The highest BCUT2D eigenvalue weighted by molar-refractivity contribution is 9.10. The van der Waals surface area contributed by atoms with Crippen molar-refractivity contribution in [2.24, 2.45) is 0 Å². The van der Waals surface area contributed by atoms with E-state index in [2.05, 4.69) is 36.1 Å². The van der Waals surface area contributed by atoms with E-state index in [1.807, 2.05) is 0 Å². The molecule has 2 heterocycles. The average Bonchev–Trinajstić information content (AvgIpc) is 2.84. The Hall–Kier alpha value is -0.720. The summed E-state index contributed by atoms with van der Waals surface area (Å²) >= 11 is 3.36. The zero-order valence-corrected chi connectivity index (χ0v) is 12.2. The van der Waals surface area contributed by atoms with Gasteiger partial charge in [-0.3, -0.25) is 0 Å². The van der Waals surface area contributed by atoms with Gasteiger partial charge in [0.1, 0.15) is 0 Å². The SMILES string of the molecule is COCCNCC1CCCN1c1ncc(Br)cn1. The lowest BCUT2D eigenvalue weighted by Crippen LogP contribution is -2.39. The Morgan fingerprint density at radius 3 is 3.00 bits per heavy atom. The van der Waals surface area contributed by atoms with Gasteiger partial charge in [-0.1, -0.05) is 0 Å². The number of anilines is 1. The van der Waals surface area contributed by atoms with E-state index in [0.717, 1.165) is 36.7 Å². The monoisotopic (exact) mass is 314 g/mol. The van der Waals surface area contributed by atoms with Gasteiger partial charge in [-0.25, -0.2) is 9.97 Å². The van der Waals surface area contributed by atoms with Gasteiger partial charge in [-0.05, 0) is 28.8 Å². The van der Waals surface area contributed by atoms with Crippen molar-refractivity contribution in [3.8, 4) is 0 Å². The maximum absolute atomic E-state index is 5.03. The van der Waals surface area contributed by atoms with Crippen LogP contribution < -0.4 is 10.2 Å². The molecule has 0 saturated carbocycles. The number of ether oxygens (including phenoxy) is 1. The Balaban J connectivity index is 1.88. The molecule has 1 aromatic rings. The number of nitrogens with one attached hydrogen (secondary N) is 1. The number of hydrogen-bond donors (Lipinski definition) is 1. The molecule has 1 aliphatic rings. The predicted molar refractivity (Wildman–Crippen MR) is 74.8 cm³/mol. The molecule has 0 spiro atoms. The van der Waals surface area contributed by atoms with Crippen LogP contribution in [0, 0.1) is 0 Å². The summed E-state index contributed by atoms with van der Waals surface area (Å²) in [4.78, 5) is 11.0. The fourth-order valence-electron chi connectivity index (χ4n) is 2.21. The maximum Gasteiger partial charge on any atom is 0.225 e. The molecule has 18 heavy (non-hydrogen) atoms. The number of rotatable bonds is 6. The Morgan fingerprint density at radius 2 is 2.28 bits per heavy atom. The highest BCUT2D eigenvalue weighted by atomic mass is 79.9. The summed E-state index contributed by atoms with van der Waals surface area (Å²) in [5.41, 5.74) is 0. The number of methoxy groups -OCH3 is 1. The summed E-state index contributed by atoms with van der Waals surface area (Å²) in [7, 11) is 1.72. The lowest BCUT2D eigenvalue weighted by atomic mass is 10.2. The number of aromatic nitrogens is 2. The molecular formula is C12H19BrN4O. The Morgan fingerprint density at radius 1 is 1.50 bits per heavy atom. The molecule has 2 rings (SSSR count). The standard InChI is InChI=1S/C12H19BrN4O/c1-18-6-4-14-9-11-3-2-5-17(11)12-15-7-10(13)8-16-12/h7-8,11,14H,2-6,9H2,1H3. The lowest BCUT2D eigenvalue weighted by molar-refractivity contribution is 0.199. The molecule has 6 heteroatoms. The average molecular weight is 315 g/mol. The van der Waals surface area contributed by atoms with E-state index in [-0.39, 0.29) is 0 Å². The summed E-state index contributed by atoms with van der Waals surface area (Å²) < 4.78 is 5.94. The van der Waals surface area contributed by atoms with Crippen LogP contribution in [-0.4, -0.2) is 49.4 Å². The second-order valence-electron chi connectivity index (χ2n) is 4.39. The van der Waals surface area contributed by atoms with Crippen molar-refractivity contribution in [1.29, 1.82) is 0 Å². The fourth-order valence-corrected chi connectivity index (χ4v) is 2.41. The molecule has 0 radical (unpaired) electrons. The minimum atomic E-state index is 0.489. The smallest absolute Gasteiger partial charge is 0.225 e. The third-order valence-corrected chi connectivity index (χ3v) is 3.51. The minimum absolute atomic E-state index is 0.489. The van der Waals surface area contributed by atoms with Crippen LogP contribution in [0.1, 0.15) is 12.8 Å². The van der Waals surface area contributed by atoms with Crippen LogP contribution in [0.5, 0.6) is 0 Å². The van der Waals surface area contributed by atoms with Crippen molar-refractivity contribution >= 4 is 21.9 Å². The van der Waals surface area contributed by atoms with Gasteiger partial charge in [-0.15, -0.1) is 0 Å². The third-order valence-electron chi connectivity index (χ3n) is 3.10. The van der Waals surface area contributed by atoms with E-state index >= 15 is 0 Å². The number of hydrogen-bond acceptors (Lipinski definition) is 5. The van der Waals surface area contributed by atoms with Crippen molar-refractivity contribution < 1.29 is 4.74 Å². The van der Waals surface area contributed by atoms with Crippen LogP contribution in [0.4, 0.5) is 5.95 Å². The molecular weight excluding hydrogens is 296 g/mol. The van der Waals surface area contributed by atoms with E-state index in [1.54, 1.807) is 19.5 Å². The molecule has 1 aliphatic heterocycles. The van der Waals surface area contributed by atoms with Crippen LogP contribution in [0.25, 0.3) is 0 Å². The summed E-state index contributed by atoms with van der Waals surface area (Å²) in [5, 5.41) is 3.41. The summed E-state index contributed by atoms with van der Waals surface area (Å²) in [6, 6.07) is 0.489. The fraction of sp³-hybridized carbons (Fsp3) is 0.667. The van der Waals surface area contributed by atoms with Crippen LogP contribution in [0.3, 0.4) is 0 Å². The van der Waals surface area contributed by atoms with Crippen molar-refractivity contribution in [1.82, 2.24) is 15.3 Å². The van der Waals surface area contributed by atoms with Gasteiger partial charge in [0.15, 0.2) is 0 Å². The van der Waals surface area contributed by atoms with E-state index in [1.165, 1.54) is 12.8 Å². The van der Waals surface area contributed by atoms with Gasteiger partial charge in [0.25, 0.3) is 0 Å². The molecule has 1 aromatic heterocycles. The first kappa shape index (κ1) is 13.7. The highest BCUT2D eigenvalue weighted by Gasteiger charge is 2.25. The number of nitrogens with zero attached hydrogens (tertiary/aromatic N) is 3. The topological polar surface area (TPSA) is 50.3 Å². The molecule has 0 aromatic carbocycles. The van der Waals surface area contributed by atoms with Crippen LogP contribution in [0.15, 0.2) is 16.9 Å². The molecule has 100 valence electrons. The molecule has 0 amide bonds. The Labute approximate surface area is 116 Å². The van der Waals surface area contributed by atoms with E-state index in [4.69, 9.17) is 4.74 Å². The molecule has 1 saturated heterocycles. The van der Waals surface area contributed by atoms with Gasteiger partial charge < -0.3 is 15.0 Å². The largest absolute Gasteiger partial charge is 0.383 e. The quantitative estimate of drug-likeness (QED) is 0.805. The van der Waals surface area contributed by atoms with Crippen LogP contribution in [0.2, 0.25) is 0 Å². The Bertz CT molecular complexity index is 360. The van der Waals surface area contributed by atoms with E-state index in [0.29, 0.717) is 6.04 Å². The normalized spacial score (nSPS) is 19.4. The summed E-state index contributed by atoms with van der Waals surface area (Å²) in [6.07, 6.45) is 6.00. The lowest BCUT2D eigenvalue weighted by Gasteiger charge is -2.24. The first-order chi connectivity index (χ1) is 8.81. The summed E-state index contributed by atoms with van der Waals surface area (Å²) in [6.45, 7) is 3.64. The van der Waals surface area contributed by atoms with Gasteiger partial charge in [0, 0.05) is 45.2 Å². The molecule has 1 fully saturated rings. The van der Waals surface area contributed by atoms with Crippen molar-refractivity contribution in [3.05, 3.63) is 16.9 Å². The third kappa shape index (κ3) is 3.63. The zero-order valence-electron chi connectivity index (χ0n) is 10.6. The molecule has 5 nitrogen and oxygen atoms in total. The second-order valence-corrected chi connectivity index (χ2v) is 5.30. The van der Waals surface area contributed by atoms with Crippen molar-refractivity contribution in [2.45, 2.75) is 18.9 Å². The maximum atomic E-state index is 5.03. The molecule has 1 atom stereocenters. The molecule has 1 unspecified atom stereocenters. The predicted octanol–water partition coefficient (Wildman–Crippen LogP) is 1.44. The second kappa shape index (κ2) is 7.01. The van der Waals surface area contributed by atoms with Gasteiger partial charge >= 0.3 is 0 Å². The van der Waals surface area contributed by atoms with E-state index in [9.17, 15) is 0 Å². The molecule has 0 aliphatic carbocycles. The highest BCUT2D eigenvalue weighted by Crippen LogP contribution is 2.22. The van der Waals surface area contributed by atoms with Gasteiger partial charge in [0.05, 0.1) is 11.1 Å².